The highest BCUT2D eigenvalue weighted by atomic mass is 16.5. The lowest BCUT2D eigenvalue weighted by Crippen LogP contribution is -2.27. The SMILES string of the molecule is CCCNCCCCCCOC1CCCCC1CC. The highest BCUT2D eigenvalue weighted by molar-refractivity contribution is 4.74. The average Bonchev–Trinajstić information content (AvgIpc) is 2.46. The zero-order valence-corrected chi connectivity index (χ0v) is 13.3. The molecule has 2 atom stereocenters. The van der Waals surface area contributed by atoms with Crippen molar-refractivity contribution in [1.82, 2.24) is 5.32 Å². The van der Waals surface area contributed by atoms with Crippen LogP contribution in [0.25, 0.3) is 0 Å². The van der Waals surface area contributed by atoms with E-state index in [0.29, 0.717) is 6.10 Å². The van der Waals surface area contributed by atoms with E-state index >= 15 is 0 Å². The van der Waals surface area contributed by atoms with E-state index < -0.39 is 0 Å². The topological polar surface area (TPSA) is 21.3 Å². The Morgan fingerprint density at radius 3 is 2.53 bits per heavy atom. The third kappa shape index (κ3) is 7.94. The number of rotatable bonds is 11. The Hall–Kier alpha value is -0.0800. The second-order valence-electron chi connectivity index (χ2n) is 6.03. The lowest BCUT2D eigenvalue weighted by molar-refractivity contribution is -0.0135. The molecule has 1 N–H and O–H groups in total. The summed E-state index contributed by atoms with van der Waals surface area (Å²) < 4.78 is 6.12. The van der Waals surface area contributed by atoms with Gasteiger partial charge in [0.05, 0.1) is 6.10 Å². The van der Waals surface area contributed by atoms with Crippen LogP contribution in [0.4, 0.5) is 0 Å². The fraction of sp³-hybridized carbons (Fsp3) is 1.00. The zero-order valence-electron chi connectivity index (χ0n) is 13.3. The molecule has 0 amide bonds. The first-order valence-electron chi connectivity index (χ1n) is 8.70. The Morgan fingerprint density at radius 2 is 1.74 bits per heavy atom. The van der Waals surface area contributed by atoms with Crippen molar-refractivity contribution in [2.75, 3.05) is 19.7 Å². The van der Waals surface area contributed by atoms with Gasteiger partial charge in [0.25, 0.3) is 0 Å². The van der Waals surface area contributed by atoms with Gasteiger partial charge in [-0.15, -0.1) is 0 Å². The summed E-state index contributed by atoms with van der Waals surface area (Å²) >= 11 is 0. The molecule has 1 saturated carbocycles. The van der Waals surface area contributed by atoms with E-state index in [1.54, 1.807) is 0 Å². The summed E-state index contributed by atoms with van der Waals surface area (Å²) in [6, 6.07) is 0. The molecule has 1 rings (SSSR count). The molecule has 114 valence electrons. The highest BCUT2D eigenvalue weighted by Crippen LogP contribution is 2.29. The second-order valence-corrected chi connectivity index (χ2v) is 6.03. The number of nitrogens with one attached hydrogen (secondary N) is 1. The van der Waals surface area contributed by atoms with Gasteiger partial charge in [0, 0.05) is 6.61 Å². The normalized spacial score (nSPS) is 23.7. The first-order valence-corrected chi connectivity index (χ1v) is 8.70. The van der Waals surface area contributed by atoms with Gasteiger partial charge in [-0.1, -0.05) is 46.0 Å². The van der Waals surface area contributed by atoms with E-state index in [2.05, 4.69) is 19.2 Å². The minimum Gasteiger partial charge on any atom is -0.378 e. The minimum absolute atomic E-state index is 0.574. The van der Waals surface area contributed by atoms with Crippen molar-refractivity contribution in [1.29, 1.82) is 0 Å². The smallest absolute Gasteiger partial charge is 0.0603 e. The predicted octanol–water partition coefficient (Wildman–Crippen LogP) is 4.53. The fourth-order valence-electron chi connectivity index (χ4n) is 3.10. The Kier molecular flexibility index (Phi) is 10.5. The fourth-order valence-corrected chi connectivity index (χ4v) is 3.10. The summed E-state index contributed by atoms with van der Waals surface area (Å²) in [6.07, 6.45) is 13.9. The van der Waals surface area contributed by atoms with Gasteiger partial charge in [0.15, 0.2) is 0 Å². The lowest BCUT2D eigenvalue weighted by Gasteiger charge is -2.30. The highest BCUT2D eigenvalue weighted by Gasteiger charge is 2.23. The third-order valence-corrected chi connectivity index (χ3v) is 4.37. The largest absolute Gasteiger partial charge is 0.378 e. The second kappa shape index (κ2) is 11.7. The molecule has 0 heterocycles. The zero-order chi connectivity index (χ0) is 13.8. The number of hydrogen-bond acceptors (Lipinski definition) is 2. The Balaban J connectivity index is 1.89. The first-order chi connectivity index (χ1) is 9.38. The molecule has 2 heteroatoms. The number of ether oxygens (including phenoxy) is 1. The molecule has 0 saturated heterocycles. The van der Waals surface area contributed by atoms with Crippen LogP contribution in [0.15, 0.2) is 0 Å². The van der Waals surface area contributed by atoms with Crippen molar-refractivity contribution >= 4 is 0 Å². The van der Waals surface area contributed by atoms with E-state index in [4.69, 9.17) is 4.74 Å². The van der Waals surface area contributed by atoms with Gasteiger partial charge in [0.1, 0.15) is 0 Å². The van der Waals surface area contributed by atoms with Crippen molar-refractivity contribution in [3.63, 3.8) is 0 Å². The molecule has 19 heavy (non-hydrogen) atoms. The number of hydrogen-bond donors (Lipinski definition) is 1. The van der Waals surface area contributed by atoms with Crippen molar-refractivity contribution in [3.05, 3.63) is 0 Å². The van der Waals surface area contributed by atoms with Gasteiger partial charge >= 0.3 is 0 Å². The van der Waals surface area contributed by atoms with Gasteiger partial charge in [0.2, 0.25) is 0 Å². The summed E-state index contributed by atoms with van der Waals surface area (Å²) in [5.74, 6) is 0.840. The molecule has 0 bridgehead atoms. The van der Waals surface area contributed by atoms with Crippen LogP contribution in [0.3, 0.4) is 0 Å². The van der Waals surface area contributed by atoms with Gasteiger partial charge in [-0.2, -0.15) is 0 Å². The van der Waals surface area contributed by atoms with Crippen LogP contribution in [0, 0.1) is 5.92 Å². The standard InChI is InChI=1S/C17H35NO/c1-3-13-18-14-9-5-6-10-15-19-17-12-8-7-11-16(17)4-2/h16-18H,3-15H2,1-2H3. The molecule has 2 unspecified atom stereocenters. The van der Waals surface area contributed by atoms with E-state index in [0.717, 1.165) is 12.5 Å². The molecule has 0 radical (unpaired) electrons. The van der Waals surface area contributed by atoms with Gasteiger partial charge in [-0.3, -0.25) is 0 Å². The van der Waals surface area contributed by atoms with Crippen molar-refractivity contribution in [2.24, 2.45) is 5.92 Å². The van der Waals surface area contributed by atoms with Gasteiger partial charge in [-0.25, -0.2) is 0 Å². The minimum atomic E-state index is 0.574. The van der Waals surface area contributed by atoms with Crippen LogP contribution in [-0.4, -0.2) is 25.8 Å². The molecule has 0 spiro atoms. The third-order valence-electron chi connectivity index (χ3n) is 4.37. The quantitative estimate of drug-likeness (QED) is 0.556. The van der Waals surface area contributed by atoms with Crippen LogP contribution < -0.4 is 5.32 Å². The van der Waals surface area contributed by atoms with Crippen molar-refractivity contribution in [3.8, 4) is 0 Å². The molecule has 1 aliphatic rings. The molecule has 0 aromatic rings. The van der Waals surface area contributed by atoms with E-state index in [1.807, 2.05) is 0 Å². The summed E-state index contributed by atoms with van der Waals surface area (Å²) in [5, 5.41) is 3.46. The van der Waals surface area contributed by atoms with Crippen LogP contribution in [-0.2, 0) is 4.74 Å². The van der Waals surface area contributed by atoms with E-state index in [9.17, 15) is 0 Å². The van der Waals surface area contributed by atoms with Crippen LogP contribution in [0.2, 0.25) is 0 Å². The molecule has 0 aromatic heterocycles. The molecular weight excluding hydrogens is 234 g/mol. The Labute approximate surface area is 120 Å². The summed E-state index contributed by atoms with van der Waals surface area (Å²) in [6.45, 7) is 7.89. The maximum Gasteiger partial charge on any atom is 0.0603 e. The molecule has 1 fully saturated rings. The molecule has 0 aromatic carbocycles. The van der Waals surface area contributed by atoms with Crippen molar-refractivity contribution in [2.45, 2.75) is 84.2 Å². The maximum absolute atomic E-state index is 6.12. The summed E-state index contributed by atoms with van der Waals surface area (Å²) in [4.78, 5) is 0. The maximum atomic E-state index is 6.12. The van der Waals surface area contributed by atoms with Crippen molar-refractivity contribution < 1.29 is 4.74 Å². The van der Waals surface area contributed by atoms with Gasteiger partial charge in [-0.05, 0) is 51.1 Å². The molecule has 0 aliphatic heterocycles. The summed E-state index contributed by atoms with van der Waals surface area (Å²) in [5.41, 5.74) is 0. The molecule has 2 nitrogen and oxygen atoms in total. The van der Waals surface area contributed by atoms with Crippen LogP contribution >= 0.6 is 0 Å². The van der Waals surface area contributed by atoms with Crippen LogP contribution in [0.1, 0.15) is 78.1 Å². The van der Waals surface area contributed by atoms with Gasteiger partial charge < -0.3 is 10.1 Å². The van der Waals surface area contributed by atoms with E-state index in [1.165, 1.54) is 77.3 Å². The first kappa shape index (κ1) is 17.0. The lowest BCUT2D eigenvalue weighted by atomic mass is 9.85. The monoisotopic (exact) mass is 269 g/mol. The Bertz CT molecular complexity index is 196. The molecular formula is C17H35NO. The molecule has 1 aliphatic carbocycles. The average molecular weight is 269 g/mol. The van der Waals surface area contributed by atoms with E-state index in [-0.39, 0.29) is 0 Å². The van der Waals surface area contributed by atoms with Crippen LogP contribution in [0.5, 0.6) is 0 Å². The summed E-state index contributed by atoms with van der Waals surface area (Å²) in [7, 11) is 0. The number of unbranched alkanes of at least 4 members (excludes halogenated alkanes) is 3. The Morgan fingerprint density at radius 1 is 0.947 bits per heavy atom. The predicted molar refractivity (Wildman–Crippen MR) is 83.6 cm³/mol.